The van der Waals surface area contributed by atoms with Crippen LogP contribution in [0, 0.1) is 0 Å². The molecule has 0 radical (unpaired) electrons. The van der Waals surface area contributed by atoms with Gasteiger partial charge in [0, 0.05) is 22.2 Å². The lowest BCUT2D eigenvalue weighted by Gasteiger charge is -2.06. The van der Waals surface area contributed by atoms with E-state index in [4.69, 9.17) is 23.2 Å². The van der Waals surface area contributed by atoms with Gasteiger partial charge in [0.1, 0.15) is 0 Å². The lowest BCUT2D eigenvalue weighted by Crippen LogP contribution is -2.10. The molecule has 0 aliphatic rings. The van der Waals surface area contributed by atoms with Crippen LogP contribution in [0.2, 0.25) is 10.0 Å². The topological polar surface area (TPSA) is 79.9 Å². The molecule has 0 atom stereocenters. The van der Waals surface area contributed by atoms with Gasteiger partial charge in [0.2, 0.25) is 0 Å². The first kappa shape index (κ1) is 18.3. The Hall–Kier alpha value is -3.09. The smallest absolute Gasteiger partial charge is 0.411 e. The van der Waals surface area contributed by atoms with Crippen LogP contribution in [0.15, 0.2) is 54.6 Å². The molecule has 2 heterocycles. The average molecular weight is 413 g/mol. The van der Waals surface area contributed by atoms with Crippen molar-refractivity contribution in [3.05, 3.63) is 64.6 Å². The molecule has 4 aromatic rings. The highest BCUT2D eigenvalue weighted by Gasteiger charge is 2.12. The fraction of sp³-hybridized carbons (Fsp3) is 0.0500. The summed E-state index contributed by atoms with van der Waals surface area (Å²) in [5.74, 6) is 0. The first-order valence-electron chi connectivity index (χ1n) is 8.31. The molecule has 8 heteroatoms. The van der Waals surface area contributed by atoms with Gasteiger partial charge in [-0.15, -0.1) is 0 Å². The van der Waals surface area contributed by atoms with Gasteiger partial charge in [0.15, 0.2) is 5.65 Å². The number of hydrogen-bond acceptors (Lipinski definition) is 4. The number of ether oxygens (including phenoxy) is 1. The number of carbonyl (C=O) groups excluding carboxylic acids is 1. The fourth-order valence-corrected chi connectivity index (χ4v) is 3.15. The molecule has 0 saturated heterocycles. The number of H-pyrrole nitrogens is 1. The Morgan fingerprint density at radius 2 is 1.89 bits per heavy atom. The molecule has 0 spiro atoms. The monoisotopic (exact) mass is 412 g/mol. The quantitative estimate of drug-likeness (QED) is 0.446. The summed E-state index contributed by atoms with van der Waals surface area (Å²) in [5, 5.41) is 11.8. The van der Waals surface area contributed by atoms with Crippen LogP contribution in [0.3, 0.4) is 0 Å². The van der Waals surface area contributed by atoms with Crippen LogP contribution in [0.25, 0.3) is 33.5 Å². The van der Waals surface area contributed by atoms with Gasteiger partial charge in [-0.25, -0.2) is 9.78 Å². The van der Waals surface area contributed by atoms with Crippen LogP contribution in [-0.2, 0) is 4.74 Å². The summed E-state index contributed by atoms with van der Waals surface area (Å²) >= 11 is 12.1. The third kappa shape index (κ3) is 3.52. The number of rotatable bonds is 3. The Balaban J connectivity index is 1.71. The highest BCUT2D eigenvalue weighted by molar-refractivity contribution is 6.42. The Labute approximate surface area is 170 Å². The van der Waals surface area contributed by atoms with E-state index in [9.17, 15) is 4.79 Å². The molecule has 28 heavy (non-hydrogen) atoms. The van der Waals surface area contributed by atoms with Crippen molar-refractivity contribution in [2.75, 3.05) is 12.4 Å². The number of aromatic amines is 1. The van der Waals surface area contributed by atoms with Crippen LogP contribution >= 0.6 is 23.2 Å². The molecule has 2 N–H and O–H groups in total. The van der Waals surface area contributed by atoms with Crippen molar-refractivity contribution in [1.29, 1.82) is 0 Å². The van der Waals surface area contributed by atoms with E-state index in [1.807, 2.05) is 36.4 Å². The van der Waals surface area contributed by atoms with Gasteiger partial charge in [-0.1, -0.05) is 41.4 Å². The molecule has 140 valence electrons. The summed E-state index contributed by atoms with van der Waals surface area (Å²) in [5.41, 5.74) is 4.45. The molecule has 0 aliphatic carbocycles. The summed E-state index contributed by atoms with van der Waals surface area (Å²) in [4.78, 5) is 16.0. The van der Waals surface area contributed by atoms with Crippen LogP contribution in [0.4, 0.5) is 10.5 Å². The lowest BCUT2D eigenvalue weighted by atomic mass is 10.1. The summed E-state index contributed by atoms with van der Waals surface area (Å²) in [6.45, 7) is 0. The zero-order valence-electron chi connectivity index (χ0n) is 14.7. The standard InChI is InChI=1S/C20H14Cl2N4O2/c1-28-20(27)23-13-4-2-3-11(9-13)17-8-6-14-18(25-26-19(14)24-17)12-5-7-15(21)16(22)10-12/h2-10H,1H3,(H,23,27)(H,24,25,26). The number of carbonyl (C=O) groups is 1. The number of aromatic nitrogens is 3. The number of amides is 1. The average Bonchev–Trinajstić information content (AvgIpc) is 3.13. The highest BCUT2D eigenvalue weighted by Crippen LogP contribution is 2.32. The van der Waals surface area contributed by atoms with Gasteiger partial charge in [-0.05, 0) is 36.4 Å². The zero-order chi connectivity index (χ0) is 19.7. The van der Waals surface area contributed by atoms with E-state index in [1.165, 1.54) is 7.11 Å². The summed E-state index contributed by atoms with van der Waals surface area (Å²) in [6.07, 6.45) is -0.529. The third-order valence-corrected chi connectivity index (χ3v) is 4.96. The predicted octanol–water partition coefficient (Wildman–Crippen LogP) is 5.78. The van der Waals surface area contributed by atoms with E-state index < -0.39 is 6.09 Å². The molecular formula is C20H14Cl2N4O2. The van der Waals surface area contributed by atoms with Gasteiger partial charge < -0.3 is 4.74 Å². The second kappa shape index (κ2) is 7.50. The molecule has 1 amide bonds. The summed E-state index contributed by atoms with van der Waals surface area (Å²) in [7, 11) is 1.32. The minimum Gasteiger partial charge on any atom is -0.453 e. The molecule has 0 bridgehead atoms. The number of hydrogen-bond donors (Lipinski definition) is 2. The van der Waals surface area contributed by atoms with Crippen molar-refractivity contribution < 1.29 is 9.53 Å². The largest absolute Gasteiger partial charge is 0.453 e. The number of nitrogens with one attached hydrogen (secondary N) is 2. The van der Waals surface area contributed by atoms with Gasteiger partial charge in [0.25, 0.3) is 0 Å². The molecular weight excluding hydrogens is 399 g/mol. The maximum Gasteiger partial charge on any atom is 0.411 e. The summed E-state index contributed by atoms with van der Waals surface area (Å²) < 4.78 is 4.62. The van der Waals surface area contributed by atoms with Gasteiger partial charge in [-0.3, -0.25) is 10.4 Å². The molecule has 0 unspecified atom stereocenters. The first-order valence-corrected chi connectivity index (χ1v) is 9.06. The minimum absolute atomic E-state index is 0.474. The minimum atomic E-state index is -0.529. The number of pyridine rings is 1. The van der Waals surface area contributed by atoms with E-state index in [0.29, 0.717) is 21.4 Å². The predicted molar refractivity (Wildman–Crippen MR) is 111 cm³/mol. The second-order valence-corrected chi connectivity index (χ2v) is 6.81. The molecule has 0 fully saturated rings. The Bertz CT molecular complexity index is 1190. The van der Waals surface area contributed by atoms with Crippen molar-refractivity contribution in [1.82, 2.24) is 15.2 Å². The number of fused-ring (bicyclic) bond motifs is 1. The summed E-state index contributed by atoms with van der Waals surface area (Å²) in [6, 6.07) is 16.6. The molecule has 4 rings (SSSR count). The van der Waals surface area contributed by atoms with E-state index in [0.717, 1.165) is 27.9 Å². The van der Waals surface area contributed by atoms with Gasteiger partial charge in [-0.2, -0.15) is 5.10 Å². The first-order chi connectivity index (χ1) is 13.5. The number of anilines is 1. The van der Waals surface area contributed by atoms with Crippen molar-refractivity contribution >= 4 is 46.0 Å². The SMILES string of the molecule is COC(=O)Nc1cccc(-c2ccc3c(-c4ccc(Cl)c(Cl)c4)[nH]nc3n2)c1. The van der Waals surface area contributed by atoms with E-state index in [1.54, 1.807) is 18.2 Å². The van der Waals surface area contributed by atoms with E-state index >= 15 is 0 Å². The van der Waals surface area contributed by atoms with Crippen LogP contribution in [0.1, 0.15) is 0 Å². The van der Waals surface area contributed by atoms with Crippen molar-refractivity contribution in [2.24, 2.45) is 0 Å². The van der Waals surface area contributed by atoms with Crippen molar-refractivity contribution in [2.45, 2.75) is 0 Å². The van der Waals surface area contributed by atoms with Crippen LogP contribution < -0.4 is 5.32 Å². The Kier molecular flexibility index (Phi) is 4.90. The van der Waals surface area contributed by atoms with E-state index in [-0.39, 0.29) is 0 Å². The molecule has 2 aromatic carbocycles. The van der Waals surface area contributed by atoms with Crippen LogP contribution in [-0.4, -0.2) is 28.4 Å². The Morgan fingerprint density at radius 1 is 1.04 bits per heavy atom. The number of halogens is 2. The molecule has 0 aliphatic heterocycles. The molecule has 2 aromatic heterocycles. The van der Waals surface area contributed by atoms with Crippen LogP contribution in [0.5, 0.6) is 0 Å². The third-order valence-electron chi connectivity index (χ3n) is 4.22. The Morgan fingerprint density at radius 3 is 2.68 bits per heavy atom. The normalized spacial score (nSPS) is 10.8. The second-order valence-electron chi connectivity index (χ2n) is 5.99. The fourth-order valence-electron chi connectivity index (χ4n) is 2.86. The zero-order valence-corrected chi connectivity index (χ0v) is 16.2. The van der Waals surface area contributed by atoms with Crippen molar-refractivity contribution in [3.8, 4) is 22.5 Å². The maximum absolute atomic E-state index is 11.4. The lowest BCUT2D eigenvalue weighted by molar-refractivity contribution is 0.187. The number of methoxy groups -OCH3 is 1. The van der Waals surface area contributed by atoms with E-state index in [2.05, 4.69) is 25.2 Å². The van der Waals surface area contributed by atoms with Crippen molar-refractivity contribution in [3.63, 3.8) is 0 Å². The molecule has 6 nitrogen and oxygen atoms in total. The molecule has 0 saturated carbocycles. The van der Waals surface area contributed by atoms with Gasteiger partial charge >= 0.3 is 6.09 Å². The highest BCUT2D eigenvalue weighted by atomic mass is 35.5. The maximum atomic E-state index is 11.4. The number of benzene rings is 2. The number of nitrogens with zero attached hydrogens (tertiary/aromatic N) is 2. The van der Waals surface area contributed by atoms with Gasteiger partial charge in [0.05, 0.1) is 28.5 Å².